The molecule has 6 nitrogen and oxygen atoms in total. The normalized spacial score (nSPS) is 21.6. The first-order chi connectivity index (χ1) is 6.57. The number of hydrogen-bond acceptors (Lipinski definition) is 3. The number of rotatable bonds is 2. The largest absolute Gasteiger partial charge is 0.371 e. The zero-order valence-corrected chi connectivity index (χ0v) is 8.36. The Morgan fingerprint density at radius 2 is 2.36 bits per heavy atom. The molecule has 1 rings (SSSR count). The Labute approximate surface area is 82.5 Å². The lowest BCUT2D eigenvalue weighted by molar-refractivity contribution is 0.0810. The first kappa shape index (κ1) is 10.8. The van der Waals surface area contributed by atoms with Gasteiger partial charge in [0.15, 0.2) is 6.23 Å². The van der Waals surface area contributed by atoms with Crippen molar-refractivity contribution in [3.63, 3.8) is 0 Å². The second-order valence-electron chi connectivity index (χ2n) is 3.25. The van der Waals surface area contributed by atoms with E-state index in [0.29, 0.717) is 6.54 Å². The molecule has 1 heterocycles. The summed E-state index contributed by atoms with van der Waals surface area (Å²) in [5.74, 6) is 0. The van der Waals surface area contributed by atoms with Crippen molar-refractivity contribution >= 4 is 12.1 Å². The summed E-state index contributed by atoms with van der Waals surface area (Å²) in [5, 5.41) is 11.9. The Morgan fingerprint density at radius 3 is 2.79 bits per heavy atom. The van der Waals surface area contributed by atoms with Crippen molar-refractivity contribution in [3.05, 3.63) is 0 Å². The molecule has 0 aromatic heterocycles. The molecular weight excluding hydrogens is 186 g/mol. The van der Waals surface area contributed by atoms with Gasteiger partial charge in [0, 0.05) is 13.6 Å². The van der Waals surface area contributed by atoms with Crippen LogP contribution in [0, 0.1) is 0 Å². The molecule has 6 heteroatoms. The van der Waals surface area contributed by atoms with Crippen molar-refractivity contribution in [2.75, 3.05) is 20.1 Å². The molecule has 14 heavy (non-hydrogen) atoms. The minimum absolute atomic E-state index is 0.165. The van der Waals surface area contributed by atoms with Gasteiger partial charge in [-0.1, -0.05) is 6.92 Å². The summed E-state index contributed by atoms with van der Waals surface area (Å²) in [6.07, 6.45) is -0.246. The van der Waals surface area contributed by atoms with Crippen LogP contribution in [0.1, 0.15) is 13.3 Å². The molecule has 0 aromatic rings. The Morgan fingerprint density at radius 1 is 1.71 bits per heavy atom. The molecule has 0 saturated carbocycles. The maximum Gasteiger partial charge on any atom is 0.330 e. The molecule has 2 N–H and O–H groups in total. The van der Waals surface area contributed by atoms with Crippen LogP contribution in [-0.4, -0.2) is 53.3 Å². The zero-order chi connectivity index (χ0) is 10.7. The second kappa shape index (κ2) is 4.28. The number of aliphatic hydroxyl groups excluding tert-OH is 1. The lowest BCUT2D eigenvalue weighted by atomic mass is 10.5. The molecule has 1 saturated heterocycles. The molecule has 1 atom stereocenters. The summed E-state index contributed by atoms with van der Waals surface area (Å²) >= 11 is 0. The van der Waals surface area contributed by atoms with Gasteiger partial charge >= 0.3 is 12.1 Å². The molecule has 4 amide bonds. The zero-order valence-electron chi connectivity index (χ0n) is 8.36. The Hall–Kier alpha value is -1.30. The number of likely N-dealkylation sites (N-methyl/N-ethyl adjacent to an activating group) is 1. The Bertz CT molecular complexity index is 244. The molecule has 0 bridgehead atoms. The Balaban J connectivity index is 2.58. The number of imide groups is 1. The highest BCUT2D eigenvalue weighted by Gasteiger charge is 2.38. The number of β-amino-alcohol motifs (C(OH)–C–C–N with tert-alkyl or cyclic N) is 1. The van der Waals surface area contributed by atoms with E-state index >= 15 is 0 Å². The highest BCUT2D eigenvalue weighted by Crippen LogP contribution is 2.11. The van der Waals surface area contributed by atoms with Crippen molar-refractivity contribution in [1.82, 2.24) is 15.1 Å². The average Bonchev–Trinajstić information content (AvgIpc) is 2.38. The highest BCUT2D eigenvalue weighted by atomic mass is 16.3. The van der Waals surface area contributed by atoms with Crippen LogP contribution >= 0.6 is 0 Å². The summed E-state index contributed by atoms with van der Waals surface area (Å²) in [6.45, 7) is 2.58. The van der Waals surface area contributed by atoms with Gasteiger partial charge in [-0.15, -0.1) is 0 Å². The standard InChI is InChI=1S/C8H15N3O3/c1-3-4-9-7(13)11-6(12)5-10(2)8(11)14/h6,12H,3-5H2,1-2H3,(H,9,13). The monoisotopic (exact) mass is 201 g/mol. The number of urea groups is 2. The lowest BCUT2D eigenvalue weighted by Gasteiger charge is -2.17. The molecule has 80 valence electrons. The maximum atomic E-state index is 11.4. The van der Waals surface area contributed by atoms with Crippen LogP contribution in [0.25, 0.3) is 0 Å². The fourth-order valence-corrected chi connectivity index (χ4v) is 1.26. The van der Waals surface area contributed by atoms with Gasteiger partial charge < -0.3 is 15.3 Å². The van der Waals surface area contributed by atoms with E-state index in [1.54, 1.807) is 7.05 Å². The van der Waals surface area contributed by atoms with Crippen molar-refractivity contribution < 1.29 is 14.7 Å². The van der Waals surface area contributed by atoms with Crippen LogP contribution in [0.3, 0.4) is 0 Å². The number of hydrogen-bond donors (Lipinski definition) is 2. The summed E-state index contributed by atoms with van der Waals surface area (Å²) < 4.78 is 0. The van der Waals surface area contributed by atoms with E-state index in [0.717, 1.165) is 11.3 Å². The van der Waals surface area contributed by atoms with Crippen molar-refractivity contribution in [3.8, 4) is 0 Å². The lowest BCUT2D eigenvalue weighted by Crippen LogP contribution is -2.46. The smallest absolute Gasteiger partial charge is 0.330 e. The highest BCUT2D eigenvalue weighted by molar-refractivity contribution is 5.95. The maximum absolute atomic E-state index is 11.4. The molecule has 1 aliphatic heterocycles. The summed E-state index contributed by atoms with van der Waals surface area (Å²) in [5.41, 5.74) is 0. The van der Waals surface area contributed by atoms with Crippen LogP contribution in [0.15, 0.2) is 0 Å². The van der Waals surface area contributed by atoms with Gasteiger partial charge in [0.05, 0.1) is 6.54 Å². The third-order valence-corrected chi connectivity index (χ3v) is 2.01. The molecule has 0 spiro atoms. The summed E-state index contributed by atoms with van der Waals surface area (Å²) in [6, 6.07) is -1.00. The second-order valence-corrected chi connectivity index (χ2v) is 3.25. The van der Waals surface area contributed by atoms with E-state index in [4.69, 9.17) is 0 Å². The van der Waals surface area contributed by atoms with Gasteiger partial charge in [0.2, 0.25) is 0 Å². The predicted molar refractivity (Wildman–Crippen MR) is 49.6 cm³/mol. The van der Waals surface area contributed by atoms with E-state index in [1.807, 2.05) is 6.92 Å². The topological polar surface area (TPSA) is 72.9 Å². The van der Waals surface area contributed by atoms with E-state index in [-0.39, 0.29) is 6.54 Å². The summed E-state index contributed by atoms with van der Waals surface area (Å²) in [4.78, 5) is 24.9. The van der Waals surface area contributed by atoms with E-state index in [9.17, 15) is 14.7 Å². The van der Waals surface area contributed by atoms with E-state index in [1.165, 1.54) is 4.90 Å². The first-order valence-electron chi connectivity index (χ1n) is 4.58. The van der Waals surface area contributed by atoms with E-state index in [2.05, 4.69) is 5.32 Å². The van der Waals surface area contributed by atoms with Crippen LogP contribution in [0.5, 0.6) is 0 Å². The minimum Gasteiger partial charge on any atom is -0.371 e. The van der Waals surface area contributed by atoms with Crippen LogP contribution in [0.2, 0.25) is 0 Å². The SMILES string of the molecule is CCCNC(=O)N1C(=O)N(C)CC1O. The van der Waals surface area contributed by atoms with Gasteiger partial charge in [-0.25, -0.2) is 14.5 Å². The third-order valence-electron chi connectivity index (χ3n) is 2.01. The fraction of sp³-hybridized carbons (Fsp3) is 0.750. The predicted octanol–water partition coefficient (Wildman–Crippen LogP) is -0.208. The number of carbonyl (C=O) groups is 2. The average molecular weight is 201 g/mol. The fourth-order valence-electron chi connectivity index (χ4n) is 1.26. The van der Waals surface area contributed by atoms with E-state index < -0.39 is 18.3 Å². The van der Waals surface area contributed by atoms with Gasteiger partial charge in [0.25, 0.3) is 0 Å². The number of amides is 4. The van der Waals surface area contributed by atoms with Gasteiger partial charge in [-0.3, -0.25) is 0 Å². The molecule has 1 fully saturated rings. The summed E-state index contributed by atoms with van der Waals surface area (Å²) in [7, 11) is 1.54. The first-order valence-corrected chi connectivity index (χ1v) is 4.58. The van der Waals surface area contributed by atoms with Crippen molar-refractivity contribution in [1.29, 1.82) is 0 Å². The number of nitrogens with one attached hydrogen (secondary N) is 1. The van der Waals surface area contributed by atoms with Gasteiger partial charge in [0.1, 0.15) is 0 Å². The van der Waals surface area contributed by atoms with Crippen LogP contribution < -0.4 is 5.32 Å². The van der Waals surface area contributed by atoms with Crippen molar-refractivity contribution in [2.45, 2.75) is 19.6 Å². The molecule has 0 aliphatic carbocycles. The van der Waals surface area contributed by atoms with Gasteiger partial charge in [-0.05, 0) is 6.42 Å². The van der Waals surface area contributed by atoms with Gasteiger partial charge in [-0.2, -0.15) is 0 Å². The van der Waals surface area contributed by atoms with Crippen LogP contribution in [-0.2, 0) is 0 Å². The molecule has 0 radical (unpaired) electrons. The Kier molecular flexibility index (Phi) is 3.29. The van der Waals surface area contributed by atoms with Crippen LogP contribution in [0.4, 0.5) is 9.59 Å². The third kappa shape index (κ3) is 1.95. The van der Waals surface area contributed by atoms with Crippen molar-refractivity contribution in [2.24, 2.45) is 0 Å². The molecular formula is C8H15N3O3. The quantitative estimate of drug-likeness (QED) is 0.649. The number of carbonyl (C=O) groups excluding carboxylic acids is 2. The number of nitrogens with zero attached hydrogens (tertiary/aromatic N) is 2. The molecule has 0 aromatic carbocycles. The minimum atomic E-state index is -1.04. The molecule has 1 aliphatic rings. The molecule has 1 unspecified atom stereocenters. The number of aliphatic hydroxyl groups is 1.